The van der Waals surface area contributed by atoms with Crippen LogP contribution < -0.4 is 0 Å². The highest BCUT2D eigenvalue weighted by Crippen LogP contribution is 2.19. The Morgan fingerprint density at radius 3 is 2.54 bits per heavy atom. The number of benzene rings is 3. The Morgan fingerprint density at radius 2 is 1.71 bits per heavy atom. The Morgan fingerprint density at radius 1 is 0.893 bits per heavy atom. The van der Waals surface area contributed by atoms with Crippen LogP contribution in [-0.2, 0) is 11.3 Å². The van der Waals surface area contributed by atoms with Gasteiger partial charge in [-0.05, 0) is 40.6 Å². The number of carbonyl (C=O) groups is 2. The summed E-state index contributed by atoms with van der Waals surface area (Å²) >= 11 is 6.05. The van der Waals surface area contributed by atoms with Gasteiger partial charge in [-0.2, -0.15) is 0 Å². The van der Waals surface area contributed by atoms with Crippen LogP contribution in [0.1, 0.15) is 22.3 Å². The van der Waals surface area contributed by atoms with E-state index in [1.54, 1.807) is 9.80 Å². The second-order valence-corrected chi connectivity index (χ2v) is 7.49. The van der Waals surface area contributed by atoms with Gasteiger partial charge in [-0.3, -0.25) is 9.59 Å². The SMILES string of the molecule is O=C1CCN(C(=O)c2ccc3ccccc3c2)CCN1Cc1cccc(Cl)c1. The first-order valence-electron chi connectivity index (χ1n) is 9.40. The van der Waals surface area contributed by atoms with Crippen molar-refractivity contribution in [2.75, 3.05) is 19.6 Å². The first-order chi connectivity index (χ1) is 13.6. The minimum atomic E-state index is -0.0249. The molecule has 0 atom stereocenters. The minimum Gasteiger partial charge on any atom is -0.337 e. The number of carbonyl (C=O) groups excluding carboxylic acids is 2. The van der Waals surface area contributed by atoms with Crippen molar-refractivity contribution in [3.63, 3.8) is 0 Å². The lowest BCUT2D eigenvalue weighted by molar-refractivity contribution is -0.130. The van der Waals surface area contributed by atoms with Gasteiger partial charge in [-0.15, -0.1) is 0 Å². The van der Waals surface area contributed by atoms with Gasteiger partial charge in [-0.1, -0.05) is 54.1 Å². The summed E-state index contributed by atoms with van der Waals surface area (Å²) in [6.45, 7) is 2.00. The average Bonchev–Trinajstić information content (AvgIpc) is 2.89. The van der Waals surface area contributed by atoms with Gasteiger partial charge in [0.1, 0.15) is 0 Å². The predicted octanol–water partition coefficient (Wildman–Crippen LogP) is 4.37. The zero-order valence-corrected chi connectivity index (χ0v) is 16.2. The molecule has 3 aromatic rings. The van der Waals surface area contributed by atoms with Crippen molar-refractivity contribution in [2.24, 2.45) is 0 Å². The fraction of sp³-hybridized carbons (Fsp3) is 0.217. The van der Waals surface area contributed by atoms with Crippen LogP contribution in [0.3, 0.4) is 0 Å². The first-order valence-corrected chi connectivity index (χ1v) is 9.78. The molecule has 5 heteroatoms. The quantitative estimate of drug-likeness (QED) is 0.664. The molecule has 3 aromatic carbocycles. The fourth-order valence-corrected chi connectivity index (χ4v) is 3.81. The van der Waals surface area contributed by atoms with Crippen LogP contribution in [0.15, 0.2) is 66.7 Å². The summed E-state index contributed by atoms with van der Waals surface area (Å²) in [6, 6.07) is 21.3. The largest absolute Gasteiger partial charge is 0.337 e. The van der Waals surface area contributed by atoms with Gasteiger partial charge in [0.25, 0.3) is 5.91 Å². The third-order valence-corrected chi connectivity index (χ3v) is 5.37. The summed E-state index contributed by atoms with van der Waals surface area (Å²) in [7, 11) is 0. The van der Waals surface area contributed by atoms with Crippen LogP contribution in [0.25, 0.3) is 10.8 Å². The molecule has 0 radical (unpaired) electrons. The molecule has 1 heterocycles. The van der Waals surface area contributed by atoms with Gasteiger partial charge in [0.05, 0.1) is 0 Å². The molecule has 1 fully saturated rings. The van der Waals surface area contributed by atoms with E-state index in [-0.39, 0.29) is 11.8 Å². The molecular weight excluding hydrogens is 372 g/mol. The Balaban J connectivity index is 1.47. The van der Waals surface area contributed by atoms with Gasteiger partial charge < -0.3 is 9.80 Å². The molecule has 0 saturated carbocycles. The number of hydrogen-bond acceptors (Lipinski definition) is 2. The summed E-state index contributed by atoms with van der Waals surface area (Å²) < 4.78 is 0. The molecule has 1 aliphatic heterocycles. The second kappa shape index (κ2) is 8.03. The van der Waals surface area contributed by atoms with Crippen molar-refractivity contribution in [2.45, 2.75) is 13.0 Å². The highest BCUT2D eigenvalue weighted by molar-refractivity contribution is 6.30. The van der Waals surface area contributed by atoms with Crippen LogP contribution >= 0.6 is 11.6 Å². The van der Waals surface area contributed by atoms with Crippen LogP contribution in [0.5, 0.6) is 0 Å². The predicted molar refractivity (Wildman–Crippen MR) is 111 cm³/mol. The zero-order valence-electron chi connectivity index (χ0n) is 15.5. The van der Waals surface area contributed by atoms with E-state index < -0.39 is 0 Å². The molecule has 142 valence electrons. The Hall–Kier alpha value is -2.85. The molecule has 4 rings (SSSR count). The summed E-state index contributed by atoms with van der Waals surface area (Å²) in [4.78, 5) is 29.1. The van der Waals surface area contributed by atoms with Crippen molar-refractivity contribution in [3.8, 4) is 0 Å². The van der Waals surface area contributed by atoms with Gasteiger partial charge in [0.15, 0.2) is 0 Å². The molecule has 1 aliphatic rings. The second-order valence-electron chi connectivity index (χ2n) is 7.05. The highest BCUT2D eigenvalue weighted by atomic mass is 35.5. The Kier molecular flexibility index (Phi) is 5.31. The zero-order chi connectivity index (χ0) is 19.5. The first kappa shape index (κ1) is 18.5. The third-order valence-electron chi connectivity index (χ3n) is 5.13. The Bertz CT molecular complexity index is 1030. The van der Waals surface area contributed by atoms with E-state index in [1.165, 1.54) is 0 Å². The topological polar surface area (TPSA) is 40.6 Å². The highest BCUT2D eigenvalue weighted by Gasteiger charge is 2.24. The van der Waals surface area contributed by atoms with Crippen LogP contribution in [0.2, 0.25) is 5.02 Å². The maximum Gasteiger partial charge on any atom is 0.253 e. The number of amides is 2. The van der Waals surface area contributed by atoms with Crippen molar-refractivity contribution >= 4 is 34.2 Å². The third kappa shape index (κ3) is 4.02. The van der Waals surface area contributed by atoms with E-state index in [0.717, 1.165) is 16.3 Å². The standard InChI is InChI=1S/C23H21ClN2O2/c24-21-7-3-4-17(14-21)16-26-13-12-25(11-10-22(26)27)23(28)20-9-8-18-5-1-2-6-19(18)15-20/h1-9,14-15H,10-13,16H2. The summed E-state index contributed by atoms with van der Waals surface area (Å²) in [5.41, 5.74) is 1.66. The van der Waals surface area contributed by atoms with Crippen molar-refractivity contribution < 1.29 is 9.59 Å². The van der Waals surface area contributed by atoms with E-state index in [0.29, 0.717) is 43.2 Å². The number of hydrogen-bond donors (Lipinski definition) is 0. The number of nitrogens with zero attached hydrogens (tertiary/aromatic N) is 2. The average molecular weight is 393 g/mol. The summed E-state index contributed by atoms with van der Waals surface area (Å²) in [6.07, 6.45) is 0.333. The van der Waals surface area contributed by atoms with E-state index in [4.69, 9.17) is 11.6 Å². The number of fused-ring (bicyclic) bond motifs is 1. The lowest BCUT2D eigenvalue weighted by Crippen LogP contribution is -2.35. The Labute approximate surface area is 169 Å². The van der Waals surface area contributed by atoms with Gasteiger partial charge in [0, 0.05) is 43.2 Å². The van der Waals surface area contributed by atoms with E-state index in [9.17, 15) is 9.59 Å². The maximum atomic E-state index is 13.0. The molecule has 1 saturated heterocycles. The van der Waals surface area contributed by atoms with Crippen molar-refractivity contribution in [1.82, 2.24) is 9.80 Å². The minimum absolute atomic E-state index is 0.0249. The molecule has 28 heavy (non-hydrogen) atoms. The normalized spacial score (nSPS) is 15.0. The lowest BCUT2D eigenvalue weighted by Gasteiger charge is -2.22. The lowest BCUT2D eigenvalue weighted by atomic mass is 10.1. The molecule has 0 aromatic heterocycles. The van der Waals surface area contributed by atoms with Crippen LogP contribution in [0, 0.1) is 0 Å². The molecule has 0 unspecified atom stereocenters. The monoisotopic (exact) mass is 392 g/mol. The van der Waals surface area contributed by atoms with E-state index >= 15 is 0 Å². The maximum absolute atomic E-state index is 13.0. The molecule has 0 spiro atoms. The van der Waals surface area contributed by atoms with Crippen molar-refractivity contribution in [3.05, 3.63) is 82.9 Å². The molecule has 0 N–H and O–H groups in total. The van der Waals surface area contributed by atoms with Crippen molar-refractivity contribution in [1.29, 1.82) is 0 Å². The smallest absolute Gasteiger partial charge is 0.253 e. The summed E-state index contributed by atoms with van der Waals surface area (Å²) in [5, 5.41) is 2.81. The molecule has 4 nitrogen and oxygen atoms in total. The molecule has 2 amide bonds. The van der Waals surface area contributed by atoms with Gasteiger partial charge >= 0.3 is 0 Å². The summed E-state index contributed by atoms with van der Waals surface area (Å²) in [5.74, 6) is 0.0388. The fourth-order valence-electron chi connectivity index (χ4n) is 3.60. The number of rotatable bonds is 3. The number of halogens is 1. The van der Waals surface area contributed by atoms with Crippen LogP contribution in [-0.4, -0.2) is 41.2 Å². The van der Waals surface area contributed by atoms with E-state index in [1.807, 2.05) is 66.7 Å². The molecule has 0 bridgehead atoms. The molecule has 0 aliphatic carbocycles. The van der Waals surface area contributed by atoms with Crippen LogP contribution in [0.4, 0.5) is 0 Å². The van der Waals surface area contributed by atoms with Gasteiger partial charge in [0.2, 0.25) is 5.91 Å². The van der Waals surface area contributed by atoms with Gasteiger partial charge in [-0.25, -0.2) is 0 Å². The van der Waals surface area contributed by atoms with E-state index in [2.05, 4.69) is 0 Å². The molecular formula is C23H21ClN2O2.